The second kappa shape index (κ2) is 3.44. The van der Waals surface area contributed by atoms with Crippen LogP contribution < -0.4 is 0 Å². The number of aromatic amines is 1. The summed E-state index contributed by atoms with van der Waals surface area (Å²) in [5, 5.41) is 1.39. The molecule has 0 radical (unpaired) electrons. The summed E-state index contributed by atoms with van der Waals surface area (Å²) in [6, 6.07) is 9.29. The molecule has 0 saturated carbocycles. The Bertz CT molecular complexity index is 407. The highest BCUT2D eigenvalue weighted by Crippen LogP contribution is 2.28. The third kappa shape index (κ3) is 1.71. The van der Waals surface area contributed by atoms with E-state index >= 15 is 0 Å². The van der Waals surface area contributed by atoms with Crippen LogP contribution in [0.3, 0.4) is 0 Å². The monoisotopic (exact) mass is 211 g/mol. The van der Waals surface area contributed by atoms with Gasteiger partial charge in [-0.25, -0.2) is 0 Å². The Morgan fingerprint density at radius 2 is 1.92 bits per heavy atom. The van der Waals surface area contributed by atoms with Gasteiger partial charge in [0.05, 0.1) is 0 Å². The van der Waals surface area contributed by atoms with Crippen LogP contribution in [-0.4, -0.2) is 4.98 Å². The van der Waals surface area contributed by atoms with Crippen molar-refractivity contribution in [2.45, 2.75) is 0 Å². The van der Waals surface area contributed by atoms with Gasteiger partial charge in [-0.2, -0.15) is 0 Å². The van der Waals surface area contributed by atoms with E-state index in [9.17, 15) is 0 Å². The highest BCUT2D eigenvalue weighted by Gasteiger charge is 2.03. The van der Waals surface area contributed by atoms with Gasteiger partial charge in [0.25, 0.3) is 0 Å². The molecule has 0 aliphatic heterocycles. The van der Waals surface area contributed by atoms with E-state index in [1.54, 1.807) is 12.1 Å². The fraction of sp³-hybridized carbons (Fsp3) is 0. The number of hydrogen-bond donors (Lipinski definition) is 1. The van der Waals surface area contributed by atoms with Crippen molar-refractivity contribution in [3.63, 3.8) is 0 Å². The SMILES string of the molecule is Clc1ccc(Cl)c(-c2ccc[nH]2)c1. The van der Waals surface area contributed by atoms with Crippen LogP contribution in [0, 0.1) is 0 Å². The quantitative estimate of drug-likeness (QED) is 0.735. The third-order valence-corrected chi connectivity index (χ3v) is 2.38. The van der Waals surface area contributed by atoms with Gasteiger partial charge in [0.15, 0.2) is 0 Å². The van der Waals surface area contributed by atoms with Crippen LogP contribution in [0.5, 0.6) is 0 Å². The van der Waals surface area contributed by atoms with Crippen LogP contribution in [-0.2, 0) is 0 Å². The van der Waals surface area contributed by atoms with Crippen LogP contribution in [0.4, 0.5) is 0 Å². The zero-order valence-corrected chi connectivity index (χ0v) is 8.23. The Labute approximate surface area is 86.3 Å². The van der Waals surface area contributed by atoms with E-state index in [0.29, 0.717) is 10.0 Å². The molecule has 0 spiro atoms. The van der Waals surface area contributed by atoms with Gasteiger partial charge in [-0.3, -0.25) is 0 Å². The molecular weight excluding hydrogens is 205 g/mol. The molecule has 1 aromatic carbocycles. The molecule has 0 aliphatic rings. The second-order valence-electron chi connectivity index (χ2n) is 2.71. The minimum absolute atomic E-state index is 0.689. The van der Waals surface area contributed by atoms with E-state index in [1.807, 2.05) is 24.4 Å². The molecular formula is C10H7Cl2N. The van der Waals surface area contributed by atoms with E-state index in [0.717, 1.165) is 11.3 Å². The molecule has 1 aromatic heterocycles. The molecule has 0 aliphatic carbocycles. The number of halogens is 2. The molecule has 1 nitrogen and oxygen atoms in total. The summed E-state index contributed by atoms with van der Waals surface area (Å²) in [7, 11) is 0. The van der Waals surface area contributed by atoms with Crippen LogP contribution >= 0.6 is 23.2 Å². The van der Waals surface area contributed by atoms with Gasteiger partial charge in [0.2, 0.25) is 0 Å². The fourth-order valence-electron chi connectivity index (χ4n) is 1.20. The highest BCUT2D eigenvalue weighted by atomic mass is 35.5. The first-order valence-corrected chi connectivity index (χ1v) is 4.62. The molecule has 0 atom stereocenters. The van der Waals surface area contributed by atoms with Crippen LogP contribution in [0.1, 0.15) is 0 Å². The average Bonchev–Trinajstić information content (AvgIpc) is 2.61. The molecule has 0 amide bonds. The van der Waals surface area contributed by atoms with E-state index < -0.39 is 0 Å². The van der Waals surface area contributed by atoms with E-state index in [1.165, 1.54) is 0 Å². The molecule has 13 heavy (non-hydrogen) atoms. The van der Waals surface area contributed by atoms with Gasteiger partial charge in [-0.1, -0.05) is 23.2 Å². The van der Waals surface area contributed by atoms with Crippen LogP contribution in [0.2, 0.25) is 10.0 Å². The Kier molecular flexibility index (Phi) is 2.30. The van der Waals surface area contributed by atoms with Crippen molar-refractivity contribution in [1.29, 1.82) is 0 Å². The maximum absolute atomic E-state index is 6.01. The Morgan fingerprint density at radius 1 is 1.08 bits per heavy atom. The number of hydrogen-bond acceptors (Lipinski definition) is 0. The van der Waals surface area contributed by atoms with E-state index in [4.69, 9.17) is 23.2 Å². The second-order valence-corrected chi connectivity index (χ2v) is 3.55. The molecule has 1 heterocycles. The number of benzene rings is 1. The first kappa shape index (κ1) is 8.67. The molecule has 0 unspecified atom stereocenters. The molecule has 2 aromatic rings. The van der Waals surface area contributed by atoms with Crippen LogP contribution in [0.25, 0.3) is 11.3 Å². The lowest BCUT2D eigenvalue weighted by Gasteiger charge is -2.01. The number of rotatable bonds is 1. The summed E-state index contributed by atoms with van der Waals surface area (Å²) in [4.78, 5) is 3.08. The lowest BCUT2D eigenvalue weighted by molar-refractivity contribution is 1.40. The molecule has 0 saturated heterocycles. The maximum atomic E-state index is 6.01. The van der Waals surface area contributed by atoms with Gasteiger partial charge in [-0.05, 0) is 30.3 Å². The zero-order valence-electron chi connectivity index (χ0n) is 6.72. The normalized spacial score (nSPS) is 10.3. The van der Waals surface area contributed by atoms with Crippen molar-refractivity contribution < 1.29 is 0 Å². The molecule has 1 N–H and O–H groups in total. The molecule has 3 heteroatoms. The summed E-state index contributed by atoms with van der Waals surface area (Å²) in [5.74, 6) is 0. The Morgan fingerprint density at radius 3 is 2.62 bits per heavy atom. The largest absolute Gasteiger partial charge is 0.361 e. The molecule has 0 fully saturated rings. The number of H-pyrrole nitrogens is 1. The van der Waals surface area contributed by atoms with Gasteiger partial charge in [-0.15, -0.1) is 0 Å². The smallest absolute Gasteiger partial charge is 0.0500 e. The van der Waals surface area contributed by atoms with Crippen LogP contribution in [0.15, 0.2) is 36.5 Å². The summed E-state index contributed by atoms with van der Waals surface area (Å²) < 4.78 is 0. The molecule has 66 valence electrons. The summed E-state index contributed by atoms with van der Waals surface area (Å²) in [6.07, 6.45) is 1.85. The van der Waals surface area contributed by atoms with E-state index in [2.05, 4.69) is 4.98 Å². The summed E-state index contributed by atoms with van der Waals surface area (Å²) in [6.45, 7) is 0. The van der Waals surface area contributed by atoms with Crippen molar-refractivity contribution >= 4 is 23.2 Å². The van der Waals surface area contributed by atoms with Crippen molar-refractivity contribution in [2.24, 2.45) is 0 Å². The highest BCUT2D eigenvalue weighted by molar-refractivity contribution is 6.35. The predicted molar refractivity (Wildman–Crippen MR) is 56.2 cm³/mol. The van der Waals surface area contributed by atoms with Crippen molar-refractivity contribution in [3.05, 3.63) is 46.6 Å². The fourth-order valence-corrected chi connectivity index (χ4v) is 1.59. The maximum Gasteiger partial charge on any atom is 0.0500 e. The minimum atomic E-state index is 0.689. The third-order valence-electron chi connectivity index (χ3n) is 1.82. The average molecular weight is 212 g/mol. The van der Waals surface area contributed by atoms with Gasteiger partial charge >= 0.3 is 0 Å². The topological polar surface area (TPSA) is 15.8 Å². The standard InChI is InChI=1S/C10H7Cl2N/c11-7-3-4-9(12)8(6-7)10-2-1-5-13-10/h1-6,13H. The number of aromatic nitrogens is 1. The zero-order chi connectivity index (χ0) is 9.26. The van der Waals surface area contributed by atoms with Gasteiger partial charge in [0.1, 0.15) is 0 Å². The number of nitrogens with one attached hydrogen (secondary N) is 1. The summed E-state index contributed by atoms with van der Waals surface area (Å²) >= 11 is 11.9. The predicted octanol–water partition coefficient (Wildman–Crippen LogP) is 3.99. The first-order chi connectivity index (χ1) is 6.27. The van der Waals surface area contributed by atoms with Crippen molar-refractivity contribution in [1.82, 2.24) is 4.98 Å². The lowest BCUT2D eigenvalue weighted by Crippen LogP contribution is -1.78. The first-order valence-electron chi connectivity index (χ1n) is 3.86. The Balaban J connectivity index is 2.57. The van der Waals surface area contributed by atoms with Gasteiger partial charge in [0, 0.05) is 27.5 Å². The molecule has 0 bridgehead atoms. The van der Waals surface area contributed by atoms with Crippen molar-refractivity contribution in [2.75, 3.05) is 0 Å². The van der Waals surface area contributed by atoms with Gasteiger partial charge < -0.3 is 4.98 Å². The minimum Gasteiger partial charge on any atom is -0.361 e. The Hall–Kier alpha value is -0.920. The van der Waals surface area contributed by atoms with E-state index in [-0.39, 0.29) is 0 Å². The lowest BCUT2D eigenvalue weighted by atomic mass is 10.1. The molecule has 2 rings (SSSR count). The summed E-state index contributed by atoms with van der Waals surface area (Å²) in [5.41, 5.74) is 1.91. The van der Waals surface area contributed by atoms with Crippen molar-refractivity contribution in [3.8, 4) is 11.3 Å².